The number of aryl methyl sites for hydroxylation is 3. The lowest BCUT2D eigenvalue weighted by Crippen LogP contribution is -2.16. The second-order valence-corrected chi connectivity index (χ2v) is 7.55. The summed E-state index contributed by atoms with van der Waals surface area (Å²) in [5.74, 6) is 0.590. The summed E-state index contributed by atoms with van der Waals surface area (Å²) in [6, 6.07) is 14.7. The van der Waals surface area contributed by atoms with Crippen molar-refractivity contribution in [3.8, 4) is 0 Å². The molecule has 0 aliphatic heterocycles. The Hall–Kier alpha value is -2.86. The second-order valence-electron chi connectivity index (χ2n) is 6.53. The van der Waals surface area contributed by atoms with E-state index in [0.29, 0.717) is 16.9 Å². The summed E-state index contributed by atoms with van der Waals surface area (Å²) in [6.07, 6.45) is 0. The summed E-state index contributed by atoms with van der Waals surface area (Å²) in [7, 11) is 0. The van der Waals surface area contributed by atoms with E-state index in [2.05, 4.69) is 5.16 Å². The molecule has 3 aromatic rings. The first-order valence-electron chi connectivity index (χ1n) is 8.85. The van der Waals surface area contributed by atoms with Crippen LogP contribution in [0.1, 0.15) is 43.3 Å². The molecule has 0 radical (unpaired) electrons. The van der Waals surface area contributed by atoms with E-state index in [1.54, 1.807) is 12.1 Å². The van der Waals surface area contributed by atoms with Crippen molar-refractivity contribution in [2.75, 3.05) is 6.61 Å². The highest BCUT2D eigenvalue weighted by Crippen LogP contribution is 2.27. The lowest BCUT2D eigenvalue weighted by molar-refractivity contribution is 0.0471. The molecule has 6 heteroatoms. The molecule has 0 unspecified atom stereocenters. The molecule has 0 N–H and O–H groups in total. The fourth-order valence-electron chi connectivity index (χ4n) is 2.72. The largest absolute Gasteiger partial charge is 0.454 e. The minimum atomic E-state index is -0.516. The molecule has 5 nitrogen and oxygen atoms in total. The van der Waals surface area contributed by atoms with E-state index in [-0.39, 0.29) is 12.4 Å². The van der Waals surface area contributed by atoms with Crippen LogP contribution in [-0.4, -0.2) is 23.5 Å². The summed E-state index contributed by atoms with van der Waals surface area (Å²) in [5.41, 5.74) is 3.67. The van der Waals surface area contributed by atoms with E-state index in [1.165, 1.54) is 11.8 Å². The van der Waals surface area contributed by atoms with Crippen molar-refractivity contribution in [1.82, 2.24) is 5.16 Å². The van der Waals surface area contributed by atoms with Gasteiger partial charge in [-0.1, -0.05) is 35.0 Å². The van der Waals surface area contributed by atoms with Crippen molar-refractivity contribution >= 4 is 23.5 Å². The Morgan fingerprint density at radius 1 is 1.04 bits per heavy atom. The molecule has 0 saturated heterocycles. The molecule has 28 heavy (non-hydrogen) atoms. The molecule has 0 spiro atoms. The number of esters is 1. The topological polar surface area (TPSA) is 69.4 Å². The molecular weight excluding hydrogens is 374 g/mol. The fraction of sp³-hybridized carbons (Fsp3) is 0.227. The highest BCUT2D eigenvalue weighted by Gasteiger charge is 2.17. The van der Waals surface area contributed by atoms with Gasteiger partial charge < -0.3 is 9.26 Å². The SMILES string of the molecule is Cc1ccc(C)c(C(=O)COC(=O)c2ccccc2SCc2cc(C)on2)c1. The van der Waals surface area contributed by atoms with Gasteiger partial charge in [0.25, 0.3) is 0 Å². The number of carbonyl (C=O) groups excluding carboxylic acids is 2. The van der Waals surface area contributed by atoms with Gasteiger partial charge in [0.1, 0.15) is 5.76 Å². The number of rotatable bonds is 7. The van der Waals surface area contributed by atoms with Crippen molar-refractivity contribution in [2.24, 2.45) is 0 Å². The van der Waals surface area contributed by atoms with Crippen LogP contribution in [0.2, 0.25) is 0 Å². The maximum Gasteiger partial charge on any atom is 0.339 e. The maximum atomic E-state index is 12.5. The molecule has 0 fully saturated rings. The molecule has 1 heterocycles. The number of thioether (sulfide) groups is 1. The predicted molar refractivity (Wildman–Crippen MR) is 108 cm³/mol. The van der Waals surface area contributed by atoms with Crippen LogP contribution in [0, 0.1) is 20.8 Å². The summed E-state index contributed by atoms with van der Waals surface area (Å²) < 4.78 is 10.4. The monoisotopic (exact) mass is 395 g/mol. The predicted octanol–water partition coefficient (Wildman–Crippen LogP) is 4.93. The van der Waals surface area contributed by atoms with Gasteiger partial charge >= 0.3 is 5.97 Å². The first-order valence-corrected chi connectivity index (χ1v) is 9.84. The highest BCUT2D eigenvalue weighted by atomic mass is 32.2. The third-order valence-electron chi connectivity index (χ3n) is 4.19. The number of ether oxygens (including phenoxy) is 1. The Bertz CT molecular complexity index is 1010. The average molecular weight is 395 g/mol. The normalized spacial score (nSPS) is 10.7. The van der Waals surface area contributed by atoms with Gasteiger partial charge in [-0.15, -0.1) is 11.8 Å². The van der Waals surface area contributed by atoms with E-state index in [4.69, 9.17) is 9.26 Å². The van der Waals surface area contributed by atoms with Gasteiger partial charge in [-0.05, 0) is 44.5 Å². The molecule has 144 valence electrons. The van der Waals surface area contributed by atoms with E-state index >= 15 is 0 Å². The summed E-state index contributed by atoms with van der Waals surface area (Å²) in [5, 5.41) is 3.96. The van der Waals surface area contributed by atoms with Crippen LogP contribution < -0.4 is 0 Å². The molecule has 0 bridgehead atoms. The number of carbonyl (C=O) groups is 2. The third-order valence-corrected chi connectivity index (χ3v) is 5.29. The molecule has 0 aliphatic rings. The highest BCUT2D eigenvalue weighted by molar-refractivity contribution is 7.98. The number of hydrogen-bond acceptors (Lipinski definition) is 6. The van der Waals surface area contributed by atoms with Crippen molar-refractivity contribution < 1.29 is 18.8 Å². The number of hydrogen-bond donors (Lipinski definition) is 0. The molecule has 3 rings (SSSR count). The smallest absolute Gasteiger partial charge is 0.339 e. The third kappa shape index (κ3) is 4.89. The Morgan fingerprint density at radius 2 is 1.82 bits per heavy atom. The van der Waals surface area contributed by atoms with Gasteiger partial charge in [0, 0.05) is 22.3 Å². The van der Waals surface area contributed by atoms with E-state index in [0.717, 1.165) is 27.5 Å². The summed E-state index contributed by atoms with van der Waals surface area (Å²) in [4.78, 5) is 25.8. The van der Waals surface area contributed by atoms with Gasteiger partial charge in [0.15, 0.2) is 6.61 Å². The van der Waals surface area contributed by atoms with Crippen molar-refractivity contribution in [3.63, 3.8) is 0 Å². The number of benzene rings is 2. The molecule has 1 aromatic heterocycles. The van der Waals surface area contributed by atoms with Crippen LogP contribution in [0.4, 0.5) is 0 Å². The Morgan fingerprint density at radius 3 is 2.57 bits per heavy atom. The summed E-state index contributed by atoms with van der Waals surface area (Å²) >= 11 is 1.47. The zero-order valence-electron chi connectivity index (χ0n) is 16.0. The van der Waals surface area contributed by atoms with E-state index < -0.39 is 5.97 Å². The lowest BCUT2D eigenvalue weighted by Gasteiger charge is -2.10. The van der Waals surface area contributed by atoms with Crippen LogP contribution in [0.5, 0.6) is 0 Å². The number of Topliss-reactive ketones (excluding diaryl/α,β-unsaturated/α-hetero) is 1. The first kappa shape index (κ1) is 19.9. The Labute approximate surface area is 168 Å². The molecule has 0 aliphatic carbocycles. The second kappa shape index (κ2) is 8.89. The van der Waals surface area contributed by atoms with Gasteiger partial charge in [-0.25, -0.2) is 4.79 Å². The molecule has 0 amide bonds. The van der Waals surface area contributed by atoms with Gasteiger partial charge in [0.2, 0.25) is 5.78 Å². The van der Waals surface area contributed by atoms with Gasteiger partial charge in [-0.2, -0.15) is 0 Å². The van der Waals surface area contributed by atoms with E-state index in [1.807, 2.05) is 57.2 Å². The maximum absolute atomic E-state index is 12.5. The van der Waals surface area contributed by atoms with E-state index in [9.17, 15) is 9.59 Å². The molecule has 0 atom stereocenters. The number of ketones is 1. The fourth-order valence-corrected chi connectivity index (χ4v) is 3.64. The van der Waals surface area contributed by atoms with Crippen LogP contribution >= 0.6 is 11.8 Å². The van der Waals surface area contributed by atoms with Crippen LogP contribution in [-0.2, 0) is 10.5 Å². The zero-order chi connectivity index (χ0) is 20.1. The van der Waals surface area contributed by atoms with Crippen molar-refractivity contribution in [2.45, 2.75) is 31.4 Å². The molecular formula is C22H21NO4S. The number of aromatic nitrogens is 1. The minimum Gasteiger partial charge on any atom is -0.454 e. The first-order chi connectivity index (χ1) is 13.4. The van der Waals surface area contributed by atoms with Crippen LogP contribution in [0.3, 0.4) is 0 Å². The van der Waals surface area contributed by atoms with Crippen LogP contribution in [0.25, 0.3) is 0 Å². The van der Waals surface area contributed by atoms with Crippen LogP contribution in [0.15, 0.2) is 57.9 Å². The molecule has 0 saturated carbocycles. The Kier molecular flexibility index (Phi) is 6.31. The lowest BCUT2D eigenvalue weighted by atomic mass is 10.0. The molecule has 2 aromatic carbocycles. The summed E-state index contributed by atoms with van der Waals surface area (Å²) in [6.45, 7) is 5.34. The van der Waals surface area contributed by atoms with Gasteiger partial charge in [0.05, 0.1) is 11.3 Å². The quantitative estimate of drug-likeness (QED) is 0.321. The standard InChI is InChI=1S/C22H21NO4S/c1-14-8-9-15(2)19(10-14)20(24)12-26-22(25)18-6-4-5-7-21(18)28-13-17-11-16(3)27-23-17/h4-11H,12-13H2,1-3H3. The van der Waals surface area contributed by atoms with Crippen molar-refractivity contribution in [3.05, 3.63) is 82.2 Å². The minimum absolute atomic E-state index is 0.210. The Balaban J connectivity index is 1.65. The number of nitrogens with zero attached hydrogens (tertiary/aromatic N) is 1. The zero-order valence-corrected chi connectivity index (χ0v) is 16.8. The van der Waals surface area contributed by atoms with Crippen molar-refractivity contribution in [1.29, 1.82) is 0 Å². The van der Waals surface area contributed by atoms with Gasteiger partial charge in [-0.3, -0.25) is 4.79 Å². The average Bonchev–Trinajstić information content (AvgIpc) is 3.11.